The number of nitrogens with two attached hydrogens (primary N) is 1. The maximum atomic E-state index is 12.0. The molecule has 0 radical (unpaired) electrons. The lowest BCUT2D eigenvalue weighted by Gasteiger charge is -2.09. The summed E-state index contributed by atoms with van der Waals surface area (Å²) in [6.07, 6.45) is -3.77. The maximum Gasteiger partial charge on any atom is 0.411 e. The lowest BCUT2D eigenvalue weighted by molar-refractivity contribution is -0.176. The second-order valence-electron chi connectivity index (χ2n) is 4.56. The highest BCUT2D eigenvalue weighted by atomic mass is 32.1. The van der Waals surface area contributed by atoms with Crippen LogP contribution in [-0.4, -0.2) is 17.8 Å². The molecule has 0 bridgehead atoms. The van der Waals surface area contributed by atoms with Crippen molar-refractivity contribution in [2.24, 2.45) is 5.73 Å². The minimum atomic E-state index is -4.31. The molecular weight excluding hydrogens is 301 g/mol. The van der Waals surface area contributed by atoms with Gasteiger partial charge in [-0.25, -0.2) is 4.98 Å². The van der Waals surface area contributed by atoms with Crippen molar-refractivity contribution in [3.8, 4) is 0 Å². The monoisotopic (exact) mass is 316 g/mol. The van der Waals surface area contributed by atoms with E-state index in [4.69, 9.17) is 5.73 Å². The van der Waals surface area contributed by atoms with E-state index in [2.05, 4.69) is 9.72 Å². The van der Waals surface area contributed by atoms with Crippen molar-refractivity contribution in [3.63, 3.8) is 0 Å². The van der Waals surface area contributed by atoms with Crippen LogP contribution in [0, 0.1) is 0 Å². The largest absolute Gasteiger partial charge is 0.411 e. The van der Waals surface area contributed by atoms with Crippen LogP contribution >= 0.6 is 11.3 Å². The summed E-state index contributed by atoms with van der Waals surface area (Å²) in [6, 6.07) is 9.42. The van der Waals surface area contributed by atoms with E-state index in [0.29, 0.717) is 11.4 Å². The number of hydrogen-bond acceptors (Lipinski definition) is 4. The molecule has 0 spiro atoms. The molecule has 1 heterocycles. The van der Waals surface area contributed by atoms with Crippen molar-refractivity contribution < 1.29 is 17.9 Å². The van der Waals surface area contributed by atoms with Gasteiger partial charge in [-0.05, 0) is 5.56 Å². The molecule has 3 nitrogen and oxygen atoms in total. The van der Waals surface area contributed by atoms with Crippen LogP contribution in [0.2, 0.25) is 0 Å². The predicted molar refractivity (Wildman–Crippen MR) is 74.9 cm³/mol. The van der Waals surface area contributed by atoms with Gasteiger partial charge in [0.25, 0.3) is 0 Å². The topological polar surface area (TPSA) is 48.1 Å². The highest BCUT2D eigenvalue weighted by Crippen LogP contribution is 2.20. The van der Waals surface area contributed by atoms with Gasteiger partial charge in [-0.1, -0.05) is 30.3 Å². The molecule has 0 saturated carbocycles. The second-order valence-corrected chi connectivity index (χ2v) is 5.50. The zero-order valence-electron chi connectivity index (χ0n) is 11.1. The van der Waals surface area contributed by atoms with Crippen LogP contribution in [0.25, 0.3) is 0 Å². The molecule has 0 aliphatic rings. The normalized spacial score (nSPS) is 13.3. The summed E-state index contributed by atoms with van der Waals surface area (Å²) in [4.78, 5) is 4.24. The molecule has 114 valence electrons. The van der Waals surface area contributed by atoms with Crippen LogP contribution in [0.1, 0.15) is 22.3 Å². The second kappa shape index (κ2) is 7.02. The highest BCUT2D eigenvalue weighted by Gasteiger charge is 2.27. The first-order chi connectivity index (χ1) is 9.94. The van der Waals surface area contributed by atoms with Crippen LogP contribution in [-0.2, 0) is 17.8 Å². The Labute approximate surface area is 124 Å². The van der Waals surface area contributed by atoms with E-state index in [9.17, 15) is 13.2 Å². The summed E-state index contributed by atoms with van der Waals surface area (Å²) in [6.45, 7) is -1.39. The first-order valence-electron chi connectivity index (χ1n) is 6.32. The van der Waals surface area contributed by atoms with Gasteiger partial charge in [0.1, 0.15) is 11.6 Å². The Bertz CT molecular complexity index is 557. The van der Waals surface area contributed by atoms with Crippen LogP contribution in [0.15, 0.2) is 35.7 Å². The molecule has 7 heteroatoms. The summed E-state index contributed by atoms with van der Waals surface area (Å²) in [7, 11) is 0. The zero-order valence-corrected chi connectivity index (χ0v) is 12.0. The average molecular weight is 316 g/mol. The summed E-state index contributed by atoms with van der Waals surface area (Å²) in [5.41, 5.74) is 7.84. The van der Waals surface area contributed by atoms with Gasteiger partial charge in [0, 0.05) is 17.8 Å². The summed E-state index contributed by atoms with van der Waals surface area (Å²) in [5.74, 6) is 0. The van der Waals surface area contributed by atoms with Gasteiger partial charge in [-0.2, -0.15) is 13.2 Å². The van der Waals surface area contributed by atoms with Crippen LogP contribution in [0.5, 0.6) is 0 Å². The number of thiazole rings is 1. The van der Waals surface area contributed by atoms with E-state index in [-0.39, 0.29) is 12.6 Å². The van der Waals surface area contributed by atoms with E-state index in [1.165, 1.54) is 11.3 Å². The third-order valence-corrected chi connectivity index (χ3v) is 3.62. The van der Waals surface area contributed by atoms with Gasteiger partial charge in [-0.3, -0.25) is 0 Å². The first-order valence-corrected chi connectivity index (χ1v) is 7.20. The van der Waals surface area contributed by atoms with Gasteiger partial charge in [0.2, 0.25) is 0 Å². The number of nitrogens with zero attached hydrogens (tertiary/aromatic N) is 1. The van der Waals surface area contributed by atoms with Crippen LogP contribution in [0.4, 0.5) is 13.2 Å². The van der Waals surface area contributed by atoms with Gasteiger partial charge in [0.05, 0.1) is 12.3 Å². The van der Waals surface area contributed by atoms with Crippen molar-refractivity contribution in [1.29, 1.82) is 0 Å². The molecule has 0 aliphatic carbocycles. The fourth-order valence-corrected chi connectivity index (χ4v) is 2.55. The van der Waals surface area contributed by atoms with Gasteiger partial charge in [-0.15, -0.1) is 11.3 Å². The smallest absolute Gasteiger partial charge is 0.365 e. The van der Waals surface area contributed by atoms with Gasteiger partial charge < -0.3 is 10.5 Å². The SMILES string of the molecule is NC(Cc1csc(COCC(F)(F)F)n1)c1ccccc1. The molecule has 1 aromatic carbocycles. The maximum absolute atomic E-state index is 12.0. The van der Waals surface area contributed by atoms with Crippen molar-refractivity contribution in [3.05, 3.63) is 52.0 Å². The Kier molecular flexibility index (Phi) is 5.33. The highest BCUT2D eigenvalue weighted by molar-refractivity contribution is 7.09. The fourth-order valence-electron chi connectivity index (χ4n) is 1.81. The standard InChI is InChI=1S/C14H15F3N2OS/c15-14(16,17)9-20-7-13-19-11(8-21-13)6-12(18)10-4-2-1-3-5-10/h1-5,8,12H,6-7,9,18H2. The van der Waals surface area contributed by atoms with E-state index in [0.717, 1.165) is 11.3 Å². The molecule has 2 rings (SSSR count). The quantitative estimate of drug-likeness (QED) is 0.888. The third-order valence-electron chi connectivity index (χ3n) is 2.75. The van der Waals surface area contributed by atoms with Crippen LogP contribution in [0.3, 0.4) is 0 Å². The molecule has 0 fully saturated rings. The number of benzene rings is 1. The summed E-state index contributed by atoms with van der Waals surface area (Å²) in [5, 5.41) is 2.32. The molecule has 0 saturated heterocycles. The van der Waals surface area contributed by atoms with Crippen molar-refractivity contribution in [1.82, 2.24) is 4.98 Å². The Morgan fingerprint density at radius 1 is 1.24 bits per heavy atom. The van der Waals surface area contributed by atoms with Gasteiger partial charge in [0.15, 0.2) is 0 Å². The lowest BCUT2D eigenvalue weighted by Crippen LogP contribution is -2.16. The number of ether oxygens (including phenoxy) is 1. The molecule has 2 N–H and O–H groups in total. The number of alkyl halides is 3. The Morgan fingerprint density at radius 2 is 1.95 bits per heavy atom. The first kappa shape index (κ1) is 15.9. The van der Waals surface area contributed by atoms with Crippen molar-refractivity contribution in [2.45, 2.75) is 25.2 Å². The van der Waals surface area contributed by atoms with Crippen molar-refractivity contribution in [2.75, 3.05) is 6.61 Å². The molecule has 1 aromatic heterocycles. The zero-order chi connectivity index (χ0) is 15.3. The molecule has 21 heavy (non-hydrogen) atoms. The van der Waals surface area contributed by atoms with E-state index in [1.54, 1.807) is 5.38 Å². The van der Waals surface area contributed by atoms with E-state index in [1.807, 2.05) is 30.3 Å². The van der Waals surface area contributed by atoms with E-state index < -0.39 is 12.8 Å². The van der Waals surface area contributed by atoms with Gasteiger partial charge >= 0.3 is 6.18 Å². The third kappa shape index (κ3) is 5.45. The predicted octanol–water partition coefficient (Wildman–Crippen LogP) is 3.46. The van der Waals surface area contributed by atoms with E-state index >= 15 is 0 Å². The number of rotatable bonds is 6. The number of halogens is 3. The molecule has 0 amide bonds. The van der Waals surface area contributed by atoms with Crippen LogP contribution < -0.4 is 5.73 Å². The number of hydrogen-bond donors (Lipinski definition) is 1. The number of aromatic nitrogens is 1. The molecule has 1 unspecified atom stereocenters. The fraction of sp³-hybridized carbons (Fsp3) is 0.357. The summed E-state index contributed by atoms with van der Waals surface area (Å²) >= 11 is 1.28. The molecule has 1 atom stereocenters. The average Bonchev–Trinajstić information content (AvgIpc) is 2.86. The molecule has 2 aromatic rings. The Balaban J connectivity index is 1.86. The summed E-state index contributed by atoms with van der Waals surface area (Å²) < 4.78 is 40.5. The molecule has 0 aliphatic heterocycles. The Hall–Kier alpha value is -1.44. The minimum absolute atomic E-state index is 0.134. The Morgan fingerprint density at radius 3 is 2.62 bits per heavy atom. The minimum Gasteiger partial charge on any atom is -0.365 e. The molecular formula is C14H15F3N2OS. The van der Waals surface area contributed by atoms with Crippen molar-refractivity contribution >= 4 is 11.3 Å². The lowest BCUT2D eigenvalue weighted by atomic mass is 10.0.